The molecule has 0 bridgehead atoms. The van der Waals surface area contributed by atoms with Crippen LogP contribution in [0.2, 0.25) is 0 Å². The number of nitrogens with one attached hydrogen (secondary N) is 2. The second-order valence-corrected chi connectivity index (χ2v) is 10.1. The predicted molar refractivity (Wildman–Crippen MR) is 146 cm³/mol. The number of nitrogens with zero attached hydrogens (tertiary/aromatic N) is 6. The number of anilines is 4. The highest BCUT2D eigenvalue weighted by molar-refractivity contribution is 5.95. The highest BCUT2D eigenvalue weighted by Gasteiger charge is 2.30. The van der Waals surface area contributed by atoms with Crippen molar-refractivity contribution in [3.63, 3.8) is 0 Å². The van der Waals surface area contributed by atoms with Crippen LogP contribution in [0.1, 0.15) is 17.7 Å². The summed E-state index contributed by atoms with van der Waals surface area (Å²) in [6.07, 6.45) is 5.12. The molecule has 1 fully saturated rings. The Morgan fingerprint density at radius 3 is 2.95 bits per heavy atom. The summed E-state index contributed by atoms with van der Waals surface area (Å²) in [5, 5.41) is 13.0. The zero-order chi connectivity index (χ0) is 26.5. The van der Waals surface area contributed by atoms with Gasteiger partial charge in [-0.3, -0.25) is 9.48 Å². The van der Waals surface area contributed by atoms with Gasteiger partial charge in [0, 0.05) is 61.2 Å². The lowest BCUT2D eigenvalue weighted by molar-refractivity contribution is -0.133. The van der Waals surface area contributed by atoms with E-state index >= 15 is 0 Å². The number of hydrogen-bond donors (Lipinski definition) is 3. The lowest BCUT2D eigenvalue weighted by Gasteiger charge is -2.26. The summed E-state index contributed by atoms with van der Waals surface area (Å²) in [5.41, 5.74) is 10.8. The third-order valence-corrected chi connectivity index (χ3v) is 7.65. The average molecular weight is 528 g/mol. The first kappa shape index (κ1) is 23.7. The van der Waals surface area contributed by atoms with Gasteiger partial charge in [0.05, 0.1) is 18.3 Å². The molecule has 3 aliphatic rings. The van der Waals surface area contributed by atoms with E-state index in [-0.39, 0.29) is 18.5 Å². The Bertz CT molecular complexity index is 1600. The van der Waals surface area contributed by atoms with Crippen LogP contribution >= 0.6 is 0 Å². The highest BCUT2D eigenvalue weighted by atomic mass is 16.5. The molecule has 39 heavy (non-hydrogen) atoms. The molecule has 200 valence electrons. The third-order valence-electron chi connectivity index (χ3n) is 7.65. The Labute approximate surface area is 224 Å². The van der Waals surface area contributed by atoms with E-state index in [1.807, 2.05) is 30.0 Å². The molecule has 0 aromatic carbocycles. The number of pyridine rings is 3. The van der Waals surface area contributed by atoms with E-state index in [4.69, 9.17) is 15.2 Å². The van der Waals surface area contributed by atoms with E-state index in [2.05, 4.69) is 30.7 Å². The summed E-state index contributed by atoms with van der Waals surface area (Å²) in [5.74, 6) is 2.34. The van der Waals surface area contributed by atoms with Crippen molar-refractivity contribution in [3.05, 3.63) is 41.9 Å². The van der Waals surface area contributed by atoms with Crippen molar-refractivity contribution in [1.29, 1.82) is 0 Å². The molecule has 4 aromatic heterocycles. The minimum absolute atomic E-state index is 0.0759. The summed E-state index contributed by atoms with van der Waals surface area (Å²) in [4.78, 5) is 28.5. The van der Waals surface area contributed by atoms with Crippen LogP contribution in [-0.4, -0.2) is 74.5 Å². The smallest absolute Gasteiger partial charge is 0.244 e. The summed E-state index contributed by atoms with van der Waals surface area (Å²) in [7, 11) is 0. The van der Waals surface area contributed by atoms with Crippen LogP contribution in [0.4, 0.5) is 23.1 Å². The first-order chi connectivity index (χ1) is 19.0. The van der Waals surface area contributed by atoms with Gasteiger partial charge in [0.15, 0.2) is 5.82 Å². The highest BCUT2D eigenvalue weighted by Crippen LogP contribution is 2.36. The standard InChI is InChI=1S/C27H29N9O3/c1-15-19(11-31-27-25(15)29-4-7-39-27)21-8-16-9-22(30-12-20(16)26(28)32-21)33-23-10-17-2-5-35(18-3-6-38-14-18)24(37)13-36(17)34-23/h8-12,18,29H,2-7,13-14H2,1H3,(H2,28,32)(H,30,33,34)/t18-/m0/s1. The first-order valence-corrected chi connectivity index (χ1v) is 13.2. The third kappa shape index (κ3) is 4.26. The van der Waals surface area contributed by atoms with Crippen LogP contribution in [0.5, 0.6) is 5.88 Å². The molecule has 7 heterocycles. The molecule has 0 spiro atoms. The molecular weight excluding hydrogens is 498 g/mol. The molecule has 0 radical (unpaired) electrons. The molecule has 0 aliphatic carbocycles. The van der Waals surface area contributed by atoms with Gasteiger partial charge in [0.25, 0.3) is 0 Å². The second kappa shape index (κ2) is 9.38. The predicted octanol–water partition coefficient (Wildman–Crippen LogP) is 2.50. The maximum absolute atomic E-state index is 12.9. The Morgan fingerprint density at radius 1 is 1.15 bits per heavy atom. The normalized spacial score (nSPS) is 18.7. The largest absolute Gasteiger partial charge is 0.474 e. The molecule has 12 heteroatoms. The first-order valence-electron chi connectivity index (χ1n) is 13.2. The molecule has 4 aromatic rings. The van der Waals surface area contributed by atoms with Gasteiger partial charge in [-0.1, -0.05) is 0 Å². The molecule has 4 N–H and O–H groups in total. The van der Waals surface area contributed by atoms with Crippen molar-refractivity contribution in [3.8, 4) is 17.1 Å². The van der Waals surface area contributed by atoms with Crippen molar-refractivity contribution in [2.24, 2.45) is 0 Å². The maximum Gasteiger partial charge on any atom is 0.244 e. The number of nitrogens with two attached hydrogens (primary N) is 1. The number of aromatic nitrogens is 5. The summed E-state index contributed by atoms with van der Waals surface area (Å²) in [6, 6.07) is 6.06. The van der Waals surface area contributed by atoms with Crippen LogP contribution < -0.4 is 21.1 Å². The van der Waals surface area contributed by atoms with Crippen molar-refractivity contribution in [2.75, 3.05) is 49.3 Å². The Morgan fingerprint density at radius 2 is 2.08 bits per heavy atom. The molecule has 1 atom stereocenters. The van der Waals surface area contributed by atoms with Gasteiger partial charge < -0.3 is 30.7 Å². The lowest BCUT2D eigenvalue weighted by Crippen LogP contribution is -2.42. The number of fused-ring (bicyclic) bond motifs is 3. The summed E-state index contributed by atoms with van der Waals surface area (Å²) >= 11 is 0. The van der Waals surface area contributed by atoms with Gasteiger partial charge in [0.2, 0.25) is 11.8 Å². The average Bonchev–Trinajstić information content (AvgIpc) is 3.56. The molecule has 0 unspecified atom stereocenters. The van der Waals surface area contributed by atoms with E-state index < -0.39 is 0 Å². The quantitative estimate of drug-likeness (QED) is 0.362. The minimum Gasteiger partial charge on any atom is -0.474 e. The lowest BCUT2D eigenvalue weighted by atomic mass is 10.0. The maximum atomic E-state index is 12.9. The van der Waals surface area contributed by atoms with Gasteiger partial charge in [-0.25, -0.2) is 15.0 Å². The number of amides is 1. The minimum atomic E-state index is 0.0759. The molecule has 1 amide bonds. The Kier molecular flexibility index (Phi) is 5.69. The molecular formula is C27H29N9O3. The van der Waals surface area contributed by atoms with E-state index in [1.54, 1.807) is 17.1 Å². The zero-order valence-corrected chi connectivity index (χ0v) is 21.6. The molecule has 7 rings (SSSR count). The van der Waals surface area contributed by atoms with Crippen LogP contribution in [0.3, 0.4) is 0 Å². The number of ether oxygens (including phenoxy) is 2. The number of hydrogen-bond acceptors (Lipinski definition) is 10. The van der Waals surface area contributed by atoms with Crippen LogP contribution in [0.15, 0.2) is 30.6 Å². The van der Waals surface area contributed by atoms with Gasteiger partial charge in [-0.05, 0) is 36.4 Å². The number of carbonyl (C=O) groups is 1. The van der Waals surface area contributed by atoms with Gasteiger partial charge in [-0.15, -0.1) is 0 Å². The Hall–Kier alpha value is -4.45. The molecule has 12 nitrogen and oxygen atoms in total. The zero-order valence-electron chi connectivity index (χ0n) is 21.6. The van der Waals surface area contributed by atoms with Crippen LogP contribution in [-0.2, 0) is 22.5 Å². The van der Waals surface area contributed by atoms with Gasteiger partial charge in [-0.2, -0.15) is 5.10 Å². The SMILES string of the molecule is Cc1c(-c2cc3cc(Nc4cc5n(n4)CC(=O)N([C@H]4CCOC4)CC5)ncc3c(N)n2)cnc2c1NCCO2. The van der Waals surface area contributed by atoms with Crippen LogP contribution in [0.25, 0.3) is 22.0 Å². The summed E-state index contributed by atoms with van der Waals surface area (Å²) in [6.45, 7) is 5.56. The monoisotopic (exact) mass is 527 g/mol. The fourth-order valence-corrected chi connectivity index (χ4v) is 5.58. The van der Waals surface area contributed by atoms with E-state index in [0.29, 0.717) is 49.7 Å². The van der Waals surface area contributed by atoms with E-state index in [9.17, 15) is 4.79 Å². The van der Waals surface area contributed by atoms with Crippen molar-refractivity contribution in [1.82, 2.24) is 29.6 Å². The number of carbonyl (C=O) groups excluding carboxylic acids is 1. The van der Waals surface area contributed by atoms with Gasteiger partial charge >= 0.3 is 0 Å². The van der Waals surface area contributed by atoms with Crippen molar-refractivity contribution in [2.45, 2.75) is 32.4 Å². The van der Waals surface area contributed by atoms with Crippen molar-refractivity contribution < 1.29 is 14.3 Å². The molecule has 3 aliphatic heterocycles. The van der Waals surface area contributed by atoms with E-state index in [1.165, 1.54) is 0 Å². The molecule has 1 saturated heterocycles. The van der Waals surface area contributed by atoms with Crippen molar-refractivity contribution >= 4 is 39.8 Å². The number of nitrogen functional groups attached to an aromatic ring is 1. The fourth-order valence-electron chi connectivity index (χ4n) is 5.58. The van der Waals surface area contributed by atoms with Crippen LogP contribution in [0, 0.1) is 6.92 Å². The topological polar surface area (TPSA) is 145 Å². The summed E-state index contributed by atoms with van der Waals surface area (Å²) < 4.78 is 12.9. The second-order valence-electron chi connectivity index (χ2n) is 10.1. The fraction of sp³-hybridized carbons (Fsp3) is 0.370. The van der Waals surface area contributed by atoms with Gasteiger partial charge in [0.1, 0.15) is 30.5 Å². The number of rotatable bonds is 4. The van der Waals surface area contributed by atoms with E-state index in [0.717, 1.165) is 58.4 Å². The molecule has 0 saturated carbocycles. The Balaban J connectivity index is 1.15.